The number of aliphatic imine (C=N–C) groups is 1. The molecular formula is C16H22N2O2S. The summed E-state index contributed by atoms with van der Waals surface area (Å²) < 4.78 is 27.0. The van der Waals surface area contributed by atoms with Crippen LogP contribution in [0.15, 0.2) is 59.9 Å². The first kappa shape index (κ1) is 17.2. The minimum Gasteiger partial charge on any atom is -0.282 e. The van der Waals surface area contributed by atoms with Crippen LogP contribution in [0, 0.1) is 5.41 Å². The maximum Gasteiger partial charge on any atom is 0.236 e. The monoisotopic (exact) mass is 306 g/mol. The molecule has 1 rings (SSSR count). The zero-order chi connectivity index (χ0) is 15.9. The van der Waals surface area contributed by atoms with Crippen molar-refractivity contribution in [3.05, 3.63) is 60.4 Å². The van der Waals surface area contributed by atoms with Crippen LogP contribution in [0.25, 0.3) is 0 Å². The fourth-order valence-corrected chi connectivity index (χ4v) is 2.88. The molecule has 0 atom stereocenters. The van der Waals surface area contributed by atoms with E-state index in [0.29, 0.717) is 5.70 Å². The smallest absolute Gasteiger partial charge is 0.236 e. The Morgan fingerprint density at radius 2 is 1.90 bits per heavy atom. The molecule has 0 saturated heterocycles. The minimum atomic E-state index is -3.48. The van der Waals surface area contributed by atoms with Crippen molar-refractivity contribution in [1.29, 1.82) is 0 Å². The maximum absolute atomic E-state index is 12.2. The number of allylic oxidation sites excluding steroid dienone is 2. The molecule has 0 saturated carbocycles. The second-order valence-corrected chi connectivity index (χ2v) is 7.50. The second kappa shape index (κ2) is 7.22. The summed E-state index contributed by atoms with van der Waals surface area (Å²) in [6, 6.07) is 9.05. The summed E-state index contributed by atoms with van der Waals surface area (Å²) in [5.74, 6) is -0.0722. The molecular weight excluding hydrogens is 284 g/mol. The molecule has 1 aromatic carbocycles. The molecule has 114 valence electrons. The quantitative estimate of drug-likeness (QED) is 0.820. The van der Waals surface area contributed by atoms with Gasteiger partial charge in [-0.05, 0) is 11.0 Å². The molecule has 0 heterocycles. The van der Waals surface area contributed by atoms with Gasteiger partial charge in [0, 0.05) is 6.20 Å². The van der Waals surface area contributed by atoms with Crippen LogP contribution in [0.2, 0.25) is 0 Å². The summed E-state index contributed by atoms with van der Waals surface area (Å²) >= 11 is 0. The highest BCUT2D eigenvalue weighted by Gasteiger charge is 2.15. The number of hydrogen-bond donors (Lipinski definition) is 1. The predicted octanol–water partition coefficient (Wildman–Crippen LogP) is 3.25. The molecule has 0 fully saturated rings. The second-order valence-electron chi connectivity index (χ2n) is 5.77. The molecule has 0 radical (unpaired) electrons. The zero-order valence-corrected chi connectivity index (χ0v) is 13.5. The lowest BCUT2D eigenvalue weighted by Gasteiger charge is -2.15. The van der Waals surface area contributed by atoms with Crippen LogP contribution < -0.4 is 4.72 Å². The van der Waals surface area contributed by atoms with E-state index in [1.165, 1.54) is 12.4 Å². The molecule has 0 unspecified atom stereocenters. The first-order valence-corrected chi connectivity index (χ1v) is 8.28. The molecule has 4 nitrogen and oxygen atoms in total. The van der Waals surface area contributed by atoms with Crippen molar-refractivity contribution in [3.8, 4) is 0 Å². The average Bonchev–Trinajstić information content (AvgIpc) is 2.34. The minimum absolute atomic E-state index is 0.0722. The molecule has 0 spiro atoms. The first-order chi connectivity index (χ1) is 9.72. The summed E-state index contributed by atoms with van der Waals surface area (Å²) in [4.78, 5) is 3.89. The summed E-state index contributed by atoms with van der Waals surface area (Å²) in [7, 11) is -3.48. The van der Waals surface area contributed by atoms with Crippen molar-refractivity contribution in [2.75, 3.05) is 0 Å². The Morgan fingerprint density at radius 3 is 2.43 bits per heavy atom. The van der Waals surface area contributed by atoms with Crippen molar-refractivity contribution in [2.45, 2.75) is 26.5 Å². The van der Waals surface area contributed by atoms with Crippen molar-refractivity contribution < 1.29 is 8.42 Å². The van der Waals surface area contributed by atoms with E-state index in [-0.39, 0.29) is 11.2 Å². The van der Waals surface area contributed by atoms with E-state index in [1.807, 2.05) is 45.0 Å². The van der Waals surface area contributed by atoms with Crippen LogP contribution in [0.5, 0.6) is 0 Å². The van der Waals surface area contributed by atoms with E-state index in [1.54, 1.807) is 12.1 Å². The Balaban J connectivity index is 2.94. The van der Waals surface area contributed by atoms with E-state index >= 15 is 0 Å². The van der Waals surface area contributed by atoms with Gasteiger partial charge >= 0.3 is 0 Å². The molecule has 0 aromatic heterocycles. The largest absolute Gasteiger partial charge is 0.282 e. The average molecular weight is 306 g/mol. The van der Waals surface area contributed by atoms with Crippen molar-refractivity contribution in [2.24, 2.45) is 10.4 Å². The number of benzene rings is 1. The lowest BCUT2D eigenvalue weighted by molar-refractivity contribution is 0.539. The van der Waals surface area contributed by atoms with Crippen LogP contribution >= 0.6 is 0 Å². The van der Waals surface area contributed by atoms with Gasteiger partial charge in [0.2, 0.25) is 10.0 Å². The highest BCUT2D eigenvalue weighted by Crippen LogP contribution is 2.17. The molecule has 1 N–H and O–H groups in total. The van der Waals surface area contributed by atoms with Gasteiger partial charge in [0.05, 0.1) is 17.7 Å². The molecule has 1 aromatic rings. The van der Waals surface area contributed by atoms with Crippen molar-refractivity contribution in [1.82, 2.24) is 4.72 Å². The van der Waals surface area contributed by atoms with Crippen LogP contribution in [0.3, 0.4) is 0 Å². The van der Waals surface area contributed by atoms with Crippen LogP contribution in [-0.4, -0.2) is 14.6 Å². The third-order valence-electron chi connectivity index (χ3n) is 2.38. The Labute approximate surface area is 127 Å². The van der Waals surface area contributed by atoms with E-state index < -0.39 is 10.0 Å². The lowest BCUT2D eigenvalue weighted by Crippen LogP contribution is -2.26. The highest BCUT2D eigenvalue weighted by molar-refractivity contribution is 7.88. The van der Waals surface area contributed by atoms with E-state index in [2.05, 4.69) is 16.3 Å². The normalized spacial score (nSPS) is 13.4. The van der Waals surface area contributed by atoms with Gasteiger partial charge in [0.15, 0.2) is 0 Å². The van der Waals surface area contributed by atoms with Crippen molar-refractivity contribution in [3.63, 3.8) is 0 Å². The van der Waals surface area contributed by atoms with Gasteiger partial charge in [0.25, 0.3) is 0 Å². The third kappa shape index (κ3) is 7.46. The highest BCUT2D eigenvalue weighted by atomic mass is 32.2. The van der Waals surface area contributed by atoms with Gasteiger partial charge in [-0.3, -0.25) is 9.71 Å². The standard InChI is InChI=1S/C16H22N2O2S/c1-5-17-12-15(11-16(2,3)4)18-21(19,20)13-14-9-7-6-8-10-14/h5-12,18H,1,13H2,2-4H3/b15-11-,17-12?. The van der Waals surface area contributed by atoms with Gasteiger partial charge in [-0.25, -0.2) is 8.42 Å². The fraction of sp³-hybridized carbons (Fsp3) is 0.312. The molecule has 21 heavy (non-hydrogen) atoms. The molecule has 0 bridgehead atoms. The first-order valence-electron chi connectivity index (χ1n) is 6.63. The summed E-state index contributed by atoms with van der Waals surface area (Å²) in [6.45, 7) is 9.45. The summed E-state index contributed by atoms with van der Waals surface area (Å²) in [6.07, 6.45) is 4.64. The van der Waals surface area contributed by atoms with Crippen molar-refractivity contribution >= 4 is 16.2 Å². The van der Waals surface area contributed by atoms with Crippen LogP contribution in [0.1, 0.15) is 26.3 Å². The van der Waals surface area contributed by atoms with Gasteiger partial charge in [-0.2, -0.15) is 0 Å². The van der Waals surface area contributed by atoms with Gasteiger partial charge in [0.1, 0.15) is 0 Å². The number of nitrogens with one attached hydrogen (secondary N) is 1. The molecule has 0 aliphatic rings. The number of rotatable bonds is 6. The Hall–Kier alpha value is -1.88. The predicted molar refractivity (Wildman–Crippen MR) is 88.4 cm³/mol. The van der Waals surface area contributed by atoms with E-state index in [9.17, 15) is 8.42 Å². The fourth-order valence-electron chi connectivity index (χ4n) is 1.70. The number of sulfonamides is 1. The lowest BCUT2D eigenvalue weighted by atomic mass is 9.96. The van der Waals surface area contributed by atoms with E-state index in [0.717, 1.165) is 5.56 Å². The zero-order valence-electron chi connectivity index (χ0n) is 12.7. The number of hydrogen-bond acceptors (Lipinski definition) is 3. The molecule has 0 amide bonds. The summed E-state index contributed by atoms with van der Waals surface area (Å²) in [5.41, 5.74) is 1.01. The van der Waals surface area contributed by atoms with E-state index in [4.69, 9.17) is 0 Å². The van der Waals surface area contributed by atoms with Crippen LogP contribution in [0.4, 0.5) is 0 Å². The molecule has 5 heteroatoms. The van der Waals surface area contributed by atoms with Crippen LogP contribution in [-0.2, 0) is 15.8 Å². The Morgan fingerprint density at radius 1 is 1.29 bits per heavy atom. The van der Waals surface area contributed by atoms with Gasteiger partial charge < -0.3 is 0 Å². The van der Waals surface area contributed by atoms with Gasteiger partial charge in [-0.1, -0.05) is 63.8 Å². The molecule has 0 aliphatic carbocycles. The molecule has 0 aliphatic heterocycles. The third-order valence-corrected chi connectivity index (χ3v) is 3.64. The Kier molecular flexibility index (Phi) is 5.90. The van der Waals surface area contributed by atoms with Gasteiger partial charge in [-0.15, -0.1) is 0 Å². The summed E-state index contributed by atoms with van der Waals surface area (Å²) in [5, 5.41) is 0. The SMILES string of the molecule is C=CN=C/C(=C/C(C)(C)C)NS(=O)(=O)Cc1ccccc1. The number of nitrogens with zero attached hydrogens (tertiary/aromatic N) is 1. The Bertz CT molecular complexity index is 624. The maximum atomic E-state index is 12.2. The topological polar surface area (TPSA) is 58.5 Å².